The van der Waals surface area contributed by atoms with Crippen LogP contribution in [0.2, 0.25) is 0 Å². The van der Waals surface area contributed by atoms with E-state index in [1.807, 2.05) is 4.90 Å². The highest BCUT2D eigenvalue weighted by molar-refractivity contribution is 7.15. The van der Waals surface area contributed by atoms with Gasteiger partial charge in [-0.2, -0.15) is 0 Å². The van der Waals surface area contributed by atoms with E-state index in [0.29, 0.717) is 44.1 Å². The highest BCUT2D eigenvalue weighted by Crippen LogP contribution is 2.29. The summed E-state index contributed by atoms with van der Waals surface area (Å²) in [4.78, 5) is 39.9. The summed E-state index contributed by atoms with van der Waals surface area (Å²) in [5.74, 6) is -1.26. The average molecular weight is 496 g/mol. The van der Waals surface area contributed by atoms with Crippen molar-refractivity contribution in [3.63, 3.8) is 0 Å². The summed E-state index contributed by atoms with van der Waals surface area (Å²) >= 11 is 1.16. The number of halogens is 2. The number of piperazine rings is 1. The molecule has 2 aliphatic rings. The van der Waals surface area contributed by atoms with E-state index in [-0.39, 0.29) is 18.1 Å². The molecule has 1 atom stereocenters. The zero-order chi connectivity index (χ0) is 24.2. The van der Waals surface area contributed by atoms with E-state index in [0.717, 1.165) is 16.2 Å². The normalized spacial score (nSPS) is 18.8. The largest absolute Gasteiger partial charge is 0.442 e. The van der Waals surface area contributed by atoms with E-state index in [9.17, 15) is 28.5 Å². The predicted molar refractivity (Wildman–Crippen MR) is 121 cm³/mol. The fourth-order valence-corrected chi connectivity index (χ4v) is 4.81. The van der Waals surface area contributed by atoms with Crippen molar-refractivity contribution in [2.24, 2.45) is 0 Å². The number of hydrogen-bond donors (Lipinski definition) is 1. The Morgan fingerprint density at radius 3 is 2.65 bits per heavy atom. The summed E-state index contributed by atoms with van der Waals surface area (Å²) in [6, 6.07) is 7.80. The summed E-state index contributed by atoms with van der Waals surface area (Å²) in [6.45, 7) is 2.09. The Balaban J connectivity index is 1.32. The number of nitrogens with zero attached hydrogens (tertiary/aromatic N) is 4. The van der Waals surface area contributed by atoms with Gasteiger partial charge in [0.05, 0.1) is 29.4 Å². The molecule has 1 N–H and O–H groups in total. The van der Waals surface area contributed by atoms with Gasteiger partial charge < -0.3 is 15.0 Å². The van der Waals surface area contributed by atoms with E-state index in [1.165, 1.54) is 17.0 Å². The van der Waals surface area contributed by atoms with Crippen molar-refractivity contribution in [3.8, 4) is 0 Å². The van der Waals surface area contributed by atoms with Gasteiger partial charge in [0, 0.05) is 43.7 Å². The first-order chi connectivity index (χ1) is 16.3. The molecule has 10 nitrogen and oxygen atoms in total. The third-order valence-corrected chi connectivity index (χ3v) is 6.71. The van der Waals surface area contributed by atoms with Crippen LogP contribution in [-0.4, -0.2) is 73.9 Å². The molecule has 182 valence electrons. The van der Waals surface area contributed by atoms with Crippen LogP contribution >= 0.6 is 11.3 Å². The summed E-state index contributed by atoms with van der Waals surface area (Å²) < 4.78 is 32.4. The molecular formula is C21H23F2N5O5S. The lowest BCUT2D eigenvalue weighted by molar-refractivity contribution is -0.380. The maximum Gasteiger partial charge on any atom is 0.414 e. The molecule has 2 amide bonds. The second-order valence-electron chi connectivity index (χ2n) is 7.95. The maximum absolute atomic E-state index is 14.9. The van der Waals surface area contributed by atoms with Gasteiger partial charge in [0.15, 0.2) is 6.67 Å². The second-order valence-corrected chi connectivity index (χ2v) is 9.10. The van der Waals surface area contributed by atoms with Gasteiger partial charge in [0.2, 0.25) is 0 Å². The van der Waals surface area contributed by atoms with Crippen molar-refractivity contribution in [1.82, 2.24) is 10.2 Å². The van der Waals surface area contributed by atoms with Crippen LogP contribution in [0.3, 0.4) is 0 Å². The number of nitro groups is 1. The number of carbonyl (C=O) groups excluding carboxylic acids is 2. The maximum atomic E-state index is 14.9. The zero-order valence-electron chi connectivity index (χ0n) is 18.1. The molecule has 2 aromatic rings. The fourth-order valence-electron chi connectivity index (χ4n) is 3.95. The van der Waals surface area contributed by atoms with E-state index in [2.05, 4.69) is 10.2 Å². The molecule has 3 heterocycles. The van der Waals surface area contributed by atoms with E-state index in [1.54, 1.807) is 18.2 Å². The van der Waals surface area contributed by atoms with Crippen LogP contribution < -0.4 is 15.1 Å². The third kappa shape index (κ3) is 5.42. The quantitative estimate of drug-likeness (QED) is 0.443. The minimum absolute atomic E-state index is 0.0192. The summed E-state index contributed by atoms with van der Waals surface area (Å²) in [5.41, 5.74) is 0.762. The number of alkyl halides is 1. The first-order valence-electron chi connectivity index (χ1n) is 10.6. The van der Waals surface area contributed by atoms with Gasteiger partial charge in [0.1, 0.15) is 11.9 Å². The summed E-state index contributed by atoms with van der Waals surface area (Å²) in [6.07, 6.45) is -1.31. The molecule has 0 aliphatic carbocycles. The minimum atomic E-state index is -1.15. The SMILES string of the molecule is O=C(CF)NC[C@H]1CN(c2ccc(N3CCN(Cc4ccc([N+](=O)[O-])s4)CC3)c(F)c2)C(=O)O1. The smallest absolute Gasteiger partial charge is 0.414 e. The molecule has 1 aromatic carbocycles. The van der Waals surface area contributed by atoms with Gasteiger partial charge >= 0.3 is 11.1 Å². The molecule has 2 aliphatic heterocycles. The highest BCUT2D eigenvalue weighted by Gasteiger charge is 2.33. The molecule has 4 rings (SSSR count). The Morgan fingerprint density at radius 1 is 1.24 bits per heavy atom. The molecule has 0 spiro atoms. The van der Waals surface area contributed by atoms with Gasteiger partial charge in [0.25, 0.3) is 5.91 Å². The van der Waals surface area contributed by atoms with Gasteiger partial charge in [-0.25, -0.2) is 13.6 Å². The number of nitrogens with one attached hydrogen (secondary N) is 1. The van der Waals surface area contributed by atoms with Crippen molar-refractivity contribution >= 4 is 39.7 Å². The molecule has 0 unspecified atom stereocenters. The summed E-state index contributed by atoms with van der Waals surface area (Å²) in [5, 5.41) is 13.3. The molecule has 0 bridgehead atoms. The van der Waals surface area contributed by atoms with Gasteiger partial charge in [-0.1, -0.05) is 11.3 Å². The minimum Gasteiger partial charge on any atom is -0.442 e. The number of amides is 2. The lowest BCUT2D eigenvalue weighted by Crippen LogP contribution is -2.46. The third-order valence-electron chi connectivity index (χ3n) is 5.69. The fraction of sp³-hybridized carbons (Fsp3) is 0.429. The number of cyclic esters (lactones) is 1. The Morgan fingerprint density at radius 2 is 2.00 bits per heavy atom. The van der Waals surface area contributed by atoms with Crippen LogP contribution in [-0.2, 0) is 16.1 Å². The van der Waals surface area contributed by atoms with Gasteiger partial charge in [-0.15, -0.1) is 0 Å². The monoisotopic (exact) mass is 495 g/mol. The number of rotatable bonds is 8. The van der Waals surface area contributed by atoms with Crippen molar-refractivity contribution in [2.45, 2.75) is 12.6 Å². The van der Waals surface area contributed by atoms with Crippen molar-refractivity contribution < 1.29 is 28.0 Å². The van der Waals surface area contributed by atoms with Crippen molar-refractivity contribution in [2.75, 3.05) is 55.7 Å². The van der Waals surface area contributed by atoms with Gasteiger partial charge in [-0.3, -0.25) is 24.7 Å². The highest BCUT2D eigenvalue weighted by atomic mass is 32.1. The number of anilines is 2. The second kappa shape index (κ2) is 10.3. The standard InChI is InChI=1S/C21H23F2N5O5S/c22-10-19(29)24-11-15-12-27(21(30)33-15)14-1-3-18(17(23)9-14)26-7-5-25(6-8-26)13-16-2-4-20(34-16)28(31)32/h1-4,9,15H,5-8,10-13H2,(H,24,29)/t15-/m0/s1. The van der Waals surface area contributed by atoms with Crippen molar-refractivity contribution in [3.05, 3.63) is 51.1 Å². The van der Waals surface area contributed by atoms with E-state index < -0.39 is 35.5 Å². The molecular weight excluding hydrogens is 472 g/mol. The van der Waals surface area contributed by atoms with Gasteiger partial charge in [-0.05, 0) is 24.3 Å². The Hall–Kier alpha value is -3.32. The Kier molecular flexibility index (Phi) is 7.22. The number of benzene rings is 1. The van der Waals surface area contributed by atoms with Crippen LogP contribution in [0.1, 0.15) is 4.88 Å². The van der Waals surface area contributed by atoms with Crippen LogP contribution in [0.5, 0.6) is 0 Å². The molecule has 2 saturated heterocycles. The molecule has 0 radical (unpaired) electrons. The molecule has 13 heteroatoms. The van der Waals surface area contributed by atoms with Crippen molar-refractivity contribution in [1.29, 1.82) is 0 Å². The van der Waals surface area contributed by atoms with E-state index >= 15 is 0 Å². The average Bonchev–Trinajstić information content (AvgIpc) is 3.44. The lowest BCUT2D eigenvalue weighted by Gasteiger charge is -2.36. The topological polar surface area (TPSA) is 108 Å². The number of ether oxygens (including phenoxy) is 1. The number of hydrogen-bond acceptors (Lipinski definition) is 8. The zero-order valence-corrected chi connectivity index (χ0v) is 18.9. The van der Waals surface area contributed by atoms with Crippen LogP contribution in [0, 0.1) is 15.9 Å². The lowest BCUT2D eigenvalue weighted by atomic mass is 10.2. The Bertz CT molecular complexity index is 1080. The van der Waals surface area contributed by atoms with E-state index in [4.69, 9.17) is 4.74 Å². The first-order valence-corrected chi connectivity index (χ1v) is 11.5. The first kappa shape index (κ1) is 23.8. The molecule has 1 aromatic heterocycles. The molecule has 0 saturated carbocycles. The predicted octanol–water partition coefficient (Wildman–Crippen LogP) is 2.53. The molecule has 34 heavy (non-hydrogen) atoms. The van der Waals surface area contributed by atoms with Crippen LogP contribution in [0.15, 0.2) is 30.3 Å². The summed E-state index contributed by atoms with van der Waals surface area (Å²) in [7, 11) is 0. The Labute approximate surface area is 197 Å². The molecule has 2 fully saturated rings. The number of thiophene rings is 1. The van der Waals surface area contributed by atoms with Crippen LogP contribution in [0.25, 0.3) is 0 Å². The van der Waals surface area contributed by atoms with Crippen LogP contribution in [0.4, 0.5) is 30.0 Å². The number of carbonyl (C=O) groups is 2.